The number of methoxy groups -OCH3 is 1. The van der Waals surface area contributed by atoms with E-state index in [9.17, 15) is 9.90 Å². The molecule has 4 aromatic rings. The Balaban J connectivity index is 0.000000631. The second kappa shape index (κ2) is 15.0. The third-order valence-corrected chi connectivity index (χ3v) is 6.20. The van der Waals surface area contributed by atoms with Gasteiger partial charge in [0, 0.05) is 32.2 Å². The van der Waals surface area contributed by atoms with Gasteiger partial charge in [0.05, 0.1) is 42.5 Å². The van der Waals surface area contributed by atoms with Crippen molar-refractivity contribution in [2.24, 2.45) is 0 Å². The molecule has 0 bridgehead atoms. The number of carbonyl (C=O) groups excluding carboxylic acids is 1. The molecule has 0 saturated carbocycles. The second-order valence-electron chi connectivity index (χ2n) is 8.79. The lowest BCUT2D eigenvalue weighted by Gasteiger charge is -2.18. The number of aromatic nitrogens is 4. The molecule has 1 amide bonds. The highest BCUT2D eigenvalue weighted by molar-refractivity contribution is 6.32. The summed E-state index contributed by atoms with van der Waals surface area (Å²) < 4.78 is 7.44. The Morgan fingerprint density at radius 2 is 1.97 bits per heavy atom. The minimum atomic E-state index is -0.259. The monoisotopic (exact) mass is 554 g/mol. The Morgan fingerprint density at radius 3 is 2.64 bits per heavy atom. The number of fused-ring (bicyclic) bond motifs is 1. The Morgan fingerprint density at radius 1 is 1.15 bits per heavy atom. The molecule has 0 saturated heterocycles. The van der Waals surface area contributed by atoms with E-state index in [1.54, 1.807) is 13.3 Å². The average Bonchev–Trinajstić information content (AvgIpc) is 3.38. The Bertz CT molecular complexity index is 1360. The van der Waals surface area contributed by atoms with E-state index in [0.29, 0.717) is 41.3 Å². The molecule has 39 heavy (non-hydrogen) atoms. The van der Waals surface area contributed by atoms with Crippen molar-refractivity contribution in [1.29, 1.82) is 0 Å². The molecule has 208 valence electrons. The fraction of sp³-hybridized carbons (Fsp3) is 0.357. The third-order valence-electron chi connectivity index (χ3n) is 5.93. The molecular weight excluding hydrogens is 520 g/mol. The van der Waals surface area contributed by atoms with Crippen molar-refractivity contribution < 1.29 is 19.7 Å². The van der Waals surface area contributed by atoms with E-state index in [1.807, 2.05) is 47.0 Å². The summed E-state index contributed by atoms with van der Waals surface area (Å²) in [4.78, 5) is 24.5. The fourth-order valence-corrected chi connectivity index (χ4v) is 4.00. The maximum absolute atomic E-state index is 11.2. The average molecular weight is 555 g/mol. The van der Waals surface area contributed by atoms with Gasteiger partial charge in [0.1, 0.15) is 17.1 Å². The first-order valence-corrected chi connectivity index (χ1v) is 13.2. The SMILES string of the molecule is CCCCCO.COc1cc(C(CO)CNC(C)=O)ccc1Nc1ncc(Cl)c(-c2cnc3ccccn23)n1. The topological polar surface area (TPSA) is 134 Å². The maximum Gasteiger partial charge on any atom is 0.227 e. The fourth-order valence-electron chi connectivity index (χ4n) is 3.82. The maximum atomic E-state index is 11.2. The van der Waals surface area contributed by atoms with Gasteiger partial charge < -0.3 is 25.6 Å². The number of amides is 1. The zero-order valence-electron chi connectivity index (χ0n) is 22.4. The number of pyridine rings is 1. The number of benzene rings is 1. The Kier molecular flexibility index (Phi) is 11.5. The molecule has 3 heterocycles. The number of rotatable bonds is 11. The largest absolute Gasteiger partial charge is 0.495 e. The molecule has 1 unspecified atom stereocenters. The zero-order valence-corrected chi connectivity index (χ0v) is 23.1. The van der Waals surface area contributed by atoms with Gasteiger partial charge in [0.2, 0.25) is 11.9 Å². The summed E-state index contributed by atoms with van der Waals surface area (Å²) in [5.74, 6) is 0.470. The highest BCUT2D eigenvalue weighted by Crippen LogP contribution is 2.32. The summed E-state index contributed by atoms with van der Waals surface area (Å²) >= 11 is 6.40. The first-order chi connectivity index (χ1) is 18.9. The van der Waals surface area contributed by atoms with Gasteiger partial charge in [-0.25, -0.2) is 15.0 Å². The van der Waals surface area contributed by atoms with Gasteiger partial charge in [-0.2, -0.15) is 0 Å². The van der Waals surface area contributed by atoms with E-state index in [4.69, 9.17) is 21.4 Å². The van der Waals surface area contributed by atoms with Crippen molar-refractivity contribution in [1.82, 2.24) is 24.7 Å². The highest BCUT2D eigenvalue weighted by Gasteiger charge is 2.16. The molecule has 11 heteroatoms. The van der Waals surface area contributed by atoms with Gasteiger partial charge in [-0.05, 0) is 36.2 Å². The van der Waals surface area contributed by atoms with Gasteiger partial charge in [-0.15, -0.1) is 0 Å². The predicted molar refractivity (Wildman–Crippen MR) is 153 cm³/mol. The number of ether oxygens (including phenoxy) is 1. The van der Waals surface area contributed by atoms with Crippen molar-refractivity contribution in [2.45, 2.75) is 39.0 Å². The molecule has 1 aromatic carbocycles. The summed E-state index contributed by atoms with van der Waals surface area (Å²) in [7, 11) is 1.55. The van der Waals surface area contributed by atoms with Gasteiger partial charge in [-0.1, -0.05) is 43.5 Å². The van der Waals surface area contributed by atoms with Crippen molar-refractivity contribution >= 4 is 34.8 Å². The summed E-state index contributed by atoms with van der Waals surface area (Å²) in [6, 6.07) is 11.2. The predicted octanol–water partition coefficient (Wildman–Crippen LogP) is 4.58. The van der Waals surface area contributed by atoms with Gasteiger partial charge in [-0.3, -0.25) is 9.20 Å². The molecule has 0 aliphatic rings. The van der Waals surface area contributed by atoms with Crippen LogP contribution in [0, 0.1) is 0 Å². The van der Waals surface area contributed by atoms with Crippen LogP contribution in [0.2, 0.25) is 5.02 Å². The molecule has 10 nitrogen and oxygen atoms in total. The van der Waals surface area contributed by atoms with Crippen LogP contribution in [0.1, 0.15) is 44.6 Å². The summed E-state index contributed by atoms with van der Waals surface area (Å²) in [5.41, 5.74) is 3.54. The standard InChI is InChI=1S/C23H23ClN6O3.C5H12O/c1-14(32)25-10-16(13-31)15-6-7-18(20(9-15)33-2)28-23-27-11-17(24)22(29-23)19-12-26-21-5-3-4-8-30(19)21;1-2-3-4-5-6/h3-9,11-12,16,31H,10,13H2,1-2H3,(H,25,32)(H,27,28,29);6H,2-5H2,1H3. The number of unbranched alkanes of at least 4 members (excludes halogenated alkanes) is 2. The van der Waals surface area contributed by atoms with Crippen LogP contribution in [0.3, 0.4) is 0 Å². The molecule has 3 aromatic heterocycles. The van der Waals surface area contributed by atoms with E-state index in [-0.39, 0.29) is 18.4 Å². The number of carbonyl (C=O) groups is 1. The molecular formula is C28H35ClN6O4. The van der Waals surface area contributed by atoms with E-state index >= 15 is 0 Å². The van der Waals surface area contributed by atoms with Crippen LogP contribution in [-0.2, 0) is 4.79 Å². The quantitative estimate of drug-likeness (QED) is 0.198. The van der Waals surface area contributed by atoms with E-state index in [0.717, 1.165) is 29.7 Å². The Hall–Kier alpha value is -3.73. The first kappa shape index (κ1) is 29.8. The van der Waals surface area contributed by atoms with Crippen molar-refractivity contribution in [2.75, 3.05) is 32.2 Å². The van der Waals surface area contributed by atoms with Crippen LogP contribution in [0.5, 0.6) is 5.75 Å². The summed E-state index contributed by atoms with van der Waals surface area (Å²) in [6.07, 6.45) is 8.47. The molecule has 0 spiro atoms. The zero-order chi connectivity index (χ0) is 28.2. The van der Waals surface area contributed by atoms with Crippen LogP contribution < -0.4 is 15.4 Å². The lowest BCUT2D eigenvalue weighted by atomic mass is 9.99. The molecule has 0 fully saturated rings. The minimum absolute atomic E-state index is 0.112. The third kappa shape index (κ3) is 8.13. The molecule has 4 N–H and O–H groups in total. The van der Waals surface area contributed by atoms with E-state index in [1.165, 1.54) is 19.5 Å². The smallest absolute Gasteiger partial charge is 0.227 e. The lowest BCUT2D eigenvalue weighted by Crippen LogP contribution is -2.27. The van der Waals surface area contributed by atoms with Crippen LogP contribution >= 0.6 is 11.6 Å². The number of hydrogen-bond donors (Lipinski definition) is 4. The molecule has 4 rings (SSSR count). The minimum Gasteiger partial charge on any atom is -0.495 e. The van der Waals surface area contributed by atoms with E-state index in [2.05, 4.69) is 32.5 Å². The Labute approximate surface area is 233 Å². The van der Waals surface area contributed by atoms with Gasteiger partial charge in [0.15, 0.2) is 0 Å². The number of aliphatic hydroxyl groups is 2. The van der Waals surface area contributed by atoms with Gasteiger partial charge >= 0.3 is 0 Å². The summed E-state index contributed by atoms with van der Waals surface area (Å²) in [5, 5.41) is 24.2. The number of imidazole rings is 1. The van der Waals surface area contributed by atoms with Crippen LogP contribution in [0.15, 0.2) is 55.0 Å². The molecule has 0 aliphatic carbocycles. The number of hydrogen-bond acceptors (Lipinski definition) is 8. The number of aliphatic hydroxyl groups excluding tert-OH is 2. The van der Waals surface area contributed by atoms with Crippen LogP contribution in [0.25, 0.3) is 17.0 Å². The molecule has 0 aliphatic heterocycles. The molecule has 0 radical (unpaired) electrons. The normalized spacial score (nSPS) is 11.4. The first-order valence-electron chi connectivity index (χ1n) is 12.8. The highest BCUT2D eigenvalue weighted by atomic mass is 35.5. The van der Waals surface area contributed by atoms with Crippen LogP contribution in [-0.4, -0.2) is 62.3 Å². The number of nitrogens with zero attached hydrogens (tertiary/aromatic N) is 4. The lowest BCUT2D eigenvalue weighted by molar-refractivity contribution is -0.119. The number of halogens is 1. The van der Waals surface area contributed by atoms with E-state index < -0.39 is 0 Å². The van der Waals surface area contributed by atoms with Crippen LogP contribution in [0.4, 0.5) is 11.6 Å². The molecule has 1 atom stereocenters. The summed E-state index contributed by atoms with van der Waals surface area (Å²) in [6.45, 7) is 4.13. The van der Waals surface area contributed by atoms with Crippen molar-refractivity contribution in [3.05, 3.63) is 65.6 Å². The second-order valence-corrected chi connectivity index (χ2v) is 9.20. The van der Waals surface area contributed by atoms with Crippen molar-refractivity contribution in [3.63, 3.8) is 0 Å². The number of nitrogens with one attached hydrogen (secondary N) is 2. The number of anilines is 2. The van der Waals surface area contributed by atoms with Gasteiger partial charge in [0.25, 0.3) is 0 Å². The van der Waals surface area contributed by atoms with Crippen molar-refractivity contribution in [3.8, 4) is 17.1 Å².